The lowest BCUT2D eigenvalue weighted by Gasteiger charge is -2.41. The molecule has 0 aromatic heterocycles. The molecule has 4 heterocycles. The summed E-state index contributed by atoms with van der Waals surface area (Å²) in [6.45, 7) is 6.27. The number of fused-ring (bicyclic) bond motifs is 2. The SMILES string of the molecule is CC[C@@]12C=CCN(c3ccccc3)C(=O)[C@@H]1[C@H]1C(=O)N([C@@H](CO)Cc3ccccc3)C3C(=O)N(C(C)C)CC=C[C@@]31O2. The molecule has 1 spiro atoms. The smallest absolute Gasteiger partial charge is 0.249 e. The van der Waals surface area contributed by atoms with Crippen LogP contribution in [-0.2, 0) is 25.5 Å². The van der Waals surface area contributed by atoms with Gasteiger partial charge < -0.3 is 24.5 Å². The van der Waals surface area contributed by atoms with Gasteiger partial charge in [0, 0.05) is 24.8 Å². The Morgan fingerprint density at radius 2 is 1.55 bits per heavy atom. The first-order chi connectivity index (χ1) is 20.3. The number of aliphatic hydroxyl groups is 1. The summed E-state index contributed by atoms with van der Waals surface area (Å²) in [5.41, 5.74) is -0.728. The monoisotopic (exact) mass is 569 g/mol. The van der Waals surface area contributed by atoms with Crippen molar-refractivity contribution in [1.82, 2.24) is 9.80 Å². The number of nitrogens with zero attached hydrogens (tertiary/aromatic N) is 3. The van der Waals surface area contributed by atoms with Crippen LogP contribution in [0.3, 0.4) is 0 Å². The minimum atomic E-state index is -1.36. The molecule has 2 aromatic carbocycles. The predicted octanol–water partition coefficient (Wildman–Crippen LogP) is 3.36. The highest BCUT2D eigenvalue weighted by molar-refractivity contribution is 6.04. The van der Waals surface area contributed by atoms with Gasteiger partial charge in [-0.3, -0.25) is 14.4 Å². The highest BCUT2D eigenvalue weighted by Crippen LogP contribution is 2.59. The number of para-hydroxylation sites is 1. The van der Waals surface area contributed by atoms with Crippen LogP contribution in [0.4, 0.5) is 5.69 Å². The van der Waals surface area contributed by atoms with E-state index in [2.05, 4.69) is 0 Å². The van der Waals surface area contributed by atoms with Crippen LogP contribution in [0.15, 0.2) is 85.0 Å². The molecule has 42 heavy (non-hydrogen) atoms. The molecule has 220 valence electrons. The van der Waals surface area contributed by atoms with Crippen LogP contribution in [0.1, 0.15) is 32.8 Å². The van der Waals surface area contributed by atoms with E-state index in [9.17, 15) is 19.5 Å². The summed E-state index contributed by atoms with van der Waals surface area (Å²) < 4.78 is 7.06. The van der Waals surface area contributed by atoms with E-state index in [0.29, 0.717) is 25.9 Å². The van der Waals surface area contributed by atoms with Crippen molar-refractivity contribution in [2.24, 2.45) is 11.8 Å². The topological polar surface area (TPSA) is 90.4 Å². The molecule has 4 aliphatic heterocycles. The highest BCUT2D eigenvalue weighted by Gasteiger charge is 2.76. The largest absolute Gasteiger partial charge is 0.394 e. The lowest BCUT2D eigenvalue weighted by molar-refractivity contribution is -0.156. The average molecular weight is 570 g/mol. The fourth-order valence-corrected chi connectivity index (χ4v) is 7.55. The Balaban J connectivity index is 1.51. The zero-order chi connectivity index (χ0) is 29.6. The van der Waals surface area contributed by atoms with Gasteiger partial charge in [-0.05, 0) is 44.4 Å². The van der Waals surface area contributed by atoms with E-state index in [-0.39, 0.29) is 30.4 Å². The normalized spacial score (nSPS) is 31.2. The Kier molecular flexibility index (Phi) is 7.31. The Labute approximate surface area is 247 Å². The van der Waals surface area contributed by atoms with E-state index in [0.717, 1.165) is 11.3 Å². The van der Waals surface area contributed by atoms with Gasteiger partial charge in [-0.15, -0.1) is 0 Å². The second-order valence-corrected chi connectivity index (χ2v) is 12.1. The first-order valence-electron chi connectivity index (χ1n) is 15.0. The van der Waals surface area contributed by atoms with Crippen molar-refractivity contribution in [3.05, 3.63) is 90.5 Å². The molecule has 2 saturated heterocycles. The number of carbonyl (C=O) groups excluding carboxylic acids is 3. The minimum Gasteiger partial charge on any atom is -0.394 e. The van der Waals surface area contributed by atoms with E-state index in [1.165, 1.54) is 0 Å². The zero-order valence-electron chi connectivity index (χ0n) is 24.4. The highest BCUT2D eigenvalue weighted by atomic mass is 16.5. The van der Waals surface area contributed by atoms with Gasteiger partial charge in [-0.2, -0.15) is 0 Å². The summed E-state index contributed by atoms with van der Waals surface area (Å²) in [4.78, 5) is 48.9. The van der Waals surface area contributed by atoms with Crippen LogP contribution in [0.2, 0.25) is 0 Å². The van der Waals surface area contributed by atoms with Gasteiger partial charge in [0.15, 0.2) is 0 Å². The van der Waals surface area contributed by atoms with Gasteiger partial charge in [-0.25, -0.2) is 0 Å². The predicted molar refractivity (Wildman–Crippen MR) is 159 cm³/mol. The molecular weight excluding hydrogens is 530 g/mol. The number of likely N-dealkylation sites (tertiary alicyclic amines) is 1. The van der Waals surface area contributed by atoms with Crippen LogP contribution in [0, 0.1) is 11.8 Å². The number of anilines is 1. The molecule has 1 N–H and O–H groups in total. The summed E-state index contributed by atoms with van der Waals surface area (Å²) in [7, 11) is 0. The van der Waals surface area contributed by atoms with Crippen molar-refractivity contribution in [2.75, 3.05) is 24.6 Å². The van der Waals surface area contributed by atoms with Crippen LogP contribution in [-0.4, -0.2) is 81.7 Å². The van der Waals surface area contributed by atoms with Gasteiger partial charge in [-0.1, -0.05) is 79.8 Å². The molecule has 8 nitrogen and oxygen atoms in total. The number of ether oxygens (including phenoxy) is 1. The van der Waals surface area contributed by atoms with Gasteiger partial charge >= 0.3 is 0 Å². The van der Waals surface area contributed by atoms with E-state index in [1.54, 1.807) is 14.7 Å². The molecule has 4 aliphatic rings. The number of benzene rings is 2. The Morgan fingerprint density at radius 1 is 0.881 bits per heavy atom. The van der Waals surface area contributed by atoms with E-state index in [1.807, 2.05) is 106 Å². The van der Waals surface area contributed by atoms with Crippen molar-refractivity contribution in [3.63, 3.8) is 0 Å². The fourth-order valence-electron chi connectivity index (χ4n) is 7.55. The van der Waals surface area contributed by atoms with E-state index in [4.69, 9.17) is 4.74 Å². The molecular formula is C34H39N3O5. The summed E-state index contributed by atoms with van der Waals surface area (Å²) in [6, 6.07) is 17.3. The second-order valence-electron chi connectivity index (χ2n) is 12.1. The number of aliphatic hydroxyl groups excluding tert-OH is 1. The average Bonchev–Trinajstić information content (AvgIpc) is 3.29. The Morgan fingerprint density at radius 3 is 2.19 bits per heavy atom. The summed E-state index contributed by atoms with van der Waals surface area (Å²) in [6.07, 6.45) is 8.50. The van der Waals surface area contributed by atoms with E-state index < -0.39 is 35.1 Å². The van der Waals surface area contributed by atoms with Crippen LogP contribution >= 0.6 is 0 Å². The van der Waals surface area contributed by atoms with Crippen molar-refractivity contribution < 1.29 is 24.2 Å². The van der Waals surface area contributed by atoms with Gasteiger partial charge in [0.1, 0.15) is 11.6 Å². The fraction of sp³-hybridized carbons (Fsp3) is 0.441. The molecule has 0 saturated carbocycles. The molecule has 6 rings (SSSR count). The first-order valence-corrected chi connectivity index (χ1v) is 15.0. The molecule has 3 amide bonds. The molecule has 0 aliphatic carbocycles. The van der Waals surface area contributed by atoms with Crippen molar-refractivity contribution in [1.29, 1.82) is 0 Å². The second kappa shape index (κ2) is 10.8. The number of carbonyl (C=O) groups is 3. The summed E-state index contributed by atoms with van der Waals surface area (Å²) in [5.74, 6) is -2.52. The Bertz CT molecular complexity index is 1410. The molecule has 1 unspecified atom stereocenters. The van der Waals surface area contributed by atoms with Gasteiger partial charge in [0.2, 0.25) is 17.7 Å². The maximum Gasteiger partial charge on any atom is 0.249 e. The van der Waals surface area contributed by atoms with Crippen LogP contribution < -0.4 is 4.90 Å². The first kappa shape index (κ1) is 28.4. The molecule has 0 radical (unpaired) electrons. The maximum atomic E-state index is 14.8. The van der Waals surface area contributed by atoms with Crippen LogP contribution in [0.25, 0.3) is 0 Å². The standard InChI is InChI=1S/C34H39N3O5/c1-4-33-17-11-20-36(25-15-9-6-10-16-25)30(39)27(33)28-31(40)37(26(22-38)21-24-13-7-5-8-14-24)29-32(41)35(23(2)3)19-12-18-34(28,29)42-33/h5-18,23,26-29,38H,4,19-22H2,1-3H3/t26-,27+,28+,29?,33-,34+/m1/s1. The molecule has 0 bridgehead atoms. The lowest BCUT2D eigenvalue weighted by Crippen LogP contribution is -2.60. The van der Waals surface area contributed by atoms with Gasteiger partial charge in [0.25, 0.3) is 0 Å². The zero-order valence-corrected chi connectivity index (χ0v) is 24.4. The molecule has 8 heteroatoms. The molecule has 2 fully saturated rings. The number of amides is 3. The third-order valence-corrected chi connectivity index (χ3v) is 9.52. The molecule has 6 atom stereocenters. The third kappa shape index (κ3) is 4.23. The number of rotatable bonds is 7. The maximum absolute atomic E-state index is 14.8. The number of hydrogen-bond donors (Lipinski definition) is 1. The van der Waals surface area contributed by atoms with E-state index >= 15 is 0 Å². The number of hydrogen-bond acceptors (Lipinski definition) is 5. The molecule has 2 aromatic rings. The quantitative estimate of drug-likeness (QED) is 0.517. The summed E-state index contributed by atoms with van der Waals surface area (Å²) in [5, 5.41) is 10.7. The minimum absolute atomic E-state index is 0.114. The van der Waals surface area contributed by atoms with Crippen molar-refractivity contribution in [3.8, 4) is 0 Å². The van der Waals surface area contributed by atoms with Crippen LogP contribution in [0.5, 0.6) is 0 Å². The summed E-state index contributed by atoms with van der Waals surface area (Å²) >= 11 is 0. The lowest BCUT2D eigenvalue weighted by atomic mass is 9.73. The van der Waals surface area contributed by atoms with Crippen molar-refractivity contribution in [2.45, 2.75) is 62.9 Å². The van der Waals surface area contributed by atoms with Gasteiger partial charge in [0.05, 0.1) is 30.1 Å². The third-order valence-electron chi connectivity index (χ3n) is 9.52. The van der Waals surface area contributed by atoms with Crippen molar-refractivity contribution >= 4 is 23.4 Å². The Hall–Kier alpha value is -3.75.